The van der Waals surface area contributed by atoms with Crippen molar-refractivity contribution in [1.29, 1.82) is 0 Å². The summed E-state index contributed by atoms with van der Waals surface area (Å²) in [6.45, 7) is 3.13. The molecule has 184 valence electrons. The third kappa shape index (κ3) is 5.35. The van der Waals surface area contributed by atoms with E-state index >= 15 is 0 Å². The highest BCUT2D eigenvalue weighted by Crippen LogP contribution is 2.36. The minimum Gasteiger partial charge on any atom is -0.378 e. The summed E-state index contributed by atoms with van der Waals surface area (Å²) in [6, 6.07) is 3.44. The first-order valence-electron chi connectivity index (χ1n) is 11.2. The van der Waals surface area contributed by atoms with Gasteiger partial charge in [-0.2, -0.15) is 0 Å². The van der Waals surface area contributed by atoms with Crippen molar-refractivity contribution in [3.63, 3.8) is 0 Å². The van der Waals surface area contributed by atoms with Crippen LogP contribution in [0.3, 0.4) is 0 Å². The lowest BCUT2D eigenvalue weighted by atomic mass is 9.96. The molecule has 2 heterocycles. The fourth-order valence-corrected chi connectivity index (χ4v) is 4.74. The first-order chi connectivity index (χ1) is 16.2. The molecule has 2 aromatic rings. The van der Waals surface area contributed by atoms with Crippen molar-refractivity contribution >= 4 is 23.2 Å². The first-order valence-corrected chi connectivity index (χ1v) is 11.6. The molecule has 1 aromatic carbocycles. The first kappa shape index (κ1) is 24.8. The summed E-state index contributed by atoms with van der Waals surface area (Å²) in [5.41, 5.74) is 5.48. The Bertz CT molecular complexity index is 1060. The SMILES string of the molecule is C[C@](N)(Nc1nc(Cl)nc2c1CC(CCC(=O)[C@@H]1COCCN1)C2)c1cccc(C(F)F)c1F. The van der Waals surface area contributed by atoms with Crippen LogP contribution in [0, 0.1) is 11.7 Å². The Balaban J connectivity index is 1.49. The van der Waals surface area contributed by atoms with Crippen molar-refractivity contribution in [2.75, 3.05) is 25.1 Å². The molecule has 0 spiro atoms. The normalized spacial score (nSPS) is 21.9. The molecule has 0 amide bonds. The minimum atomic E-state index is -2.97. The van der Waals surface area contributed by atoms with Crippen LogP contribution >= 0.6 is 11.6 Å². The number of carbonyl (C=O) groups is 1. The van der Waals surface area contributed by atoms with Gasteiger partial charge in [0.15, 0.2) is 5.78 Å². The largest absolute Gasteiger partial charge is 0.378 e. The van der Waals surface area contributed by atoms with Crippen molar-refractivity contribution in [2.24, 2.45) is 11.7 Å². The zero-order valence-corrected chi connectivity index (χ0v) is 19.5. The molecule has 1 aliphatic carbocycles. The number of hydrogen-bond acceptors (Lipinski definition) is 7. The number of halogens is 4. The van der Waals surface area contributed by atoms with Crippen LogP contribution < -0.4 is 16.4 Å². The van der Waals surface area contributed by atoms with Crippen LogP contribution in [0.25, 0.3) is 0 Å². The van der Waals surface area contributed by atoms with Gasteiger partial charge in [-0.25, -0.2) is 23.1 Å². The lowest BCUT2D eigenvalue weighted by Gasteiger charge is -2.29. The number of fused-ring (bicyclic) bond motifs is 1. The number of ether oxygens (including phenoxy) is 1. The van der Waals surface area contributed by atoms with Gasteiger partial charge in [0.25, 0.3) is 6.43 Å². The molecule has 11 heteroatoms. The molecule has 1 saturated heterocycles. The molecule has 0 saturated carbocycles. The van der Waals surface area contributed by atoms with E-state index in [1.807, 2.05) is 0 Å². The quantitative estimate of drug-likeness (QED) is 0.379. The van der Waals surface area contributed by atoms with Gasteiger partial charge in [0.1, 0.15) is 17.3 Å². The van der Waals surface area contributed by atoms with Crippen LogP contribution in [0.4, 0.5) is 19.0 Å². The number of ketones is 1. The summed E-state index contributed by atoms with van der Waals surface area (Å²) in [5.74, 6) is -0.469. The number of morpholine rings is 1. The van der Waals surface area contributed by atoms with Crippen LogP contribution in [0.15, 0.2) is 18.2 Å². The summed E-state index contributed by atoms with van der Waals surface area (Å²) in [6.07, 6.45) is -0.691. The van der Waals surface area contributed by atoms with Gasteiger partial charge in [-0.3, -0.25) is 4.79 Å². The van der Waals surface area contributed by atoms with E-state index in [1.165, 1.54) is 19.1 Å². The molecule has 2 aliphatic rings. The molecular formula is C23H27ClF3N5O2. The van der Waals surface area contributed by atoms with Crippen molar-refractivity contribution in [1.82, 2.24) is 15.3 Å². The molecule has 0 radical (unpaired) electrons. The van der Waals surface area contributed by atoms with Gasteiger partial charge in [-0.15, -0.1) is 0 Å². The maximum atomic E-state index is 14.8. The summed E-state index contributed by atoms with van der Waals surface area (Å²) in [4.78, 5) is 21.1. The van der Waals surface area contributed by atoms with Gasteiger partial charge in [0.05, 0.1) is 30.5 Å². The van der Waals surface area contributed by atoms with Crippen molar-refractivity contribution in [3.8, 4) is 0 Å². The number of rotatable bonds is 8. The van der Waals surface area contributed by atoms with E-state index in [0.29, 0.717) is 51.3 Å². The number of nitrogens with one attached hydrogen (secondary N) is 2. The molecular weight excluding hydrogens is 471 g/mol. The average Bonchev–Trinajstić information content (AvgIpc) is 3.20. The van der Waals surface area contributed by atoms with Crippen molar-refractivity contribution in [3.05, 3.63) is 51.7 Å². The molecule has 1 fully saturated rings. The van der Waals surface area contributed by atoms with Gasteiger partial charge in [-0.1, -0.05) is 18.2 Å². The second kappa shape index (κ2) is 10.2. The highest BCUT2D eigenvalue weighted by molar-refractivity contribution is 6.28. The number of nitrogens with two attached hydrogens (primary N) is 1. The van der Waals surface area contributed by atoms with Gasteiger partial charge < -0.3 is 21.1 Å². The monoisotopic (exact) mass is 497 g/mol. The number of carbonyl (C=O) groups excluding carboxylic acids is 1. The average molecular weight is 498 g/mol. The lowest BCUT2D eigenvalue weighted by Crippen LogP contribution is -2.46. The Labute approximate surface area is 200 Å². The summed E-state index contributed by atoms with van der Waals surface area (Å²) >= 11 is 6.13. The van der Waals surface area contributed by atoms with E-state index in [1.54, 1.807) is 0 Å². The van der Waals surface area contributed by atoms with Crippen LogP contribution in [0.2, 0.25) is 5.28 Å². The Morgan fingerprint density at radius 2 is 2.18 bits per heavy atom. The predicted octanol–water partition coefficient (Wildman–Crippen LogP) is 3.50. The second-order valence-corrected chi connectivity index (χ2v) is 9.30. The molecule has 34 heavy (non-hydrogen) atoms. The van der Waals surface area contributed by atoms with E-state index in [0.717, 1.165) is 17.3 Å². The van der Waals surface area contributed by atoms with E-state index in [-0.39, 0.29) is 28.6 Å². The summed E-state index contributed by atoms with van der Waals surface area (Å²) < 4.78 is 46.5. The Morgan fingerprint density at radius 3 is 2.88 bits per heavy atom. The smallest absolute Gasteiger partial charge is 0.266 e. The van der Waals surface area contributed by atoms with Gasteiger partial charge in [0.2, 0.25) is 5.28 Å². The second-order valence-electron chi connectivity index (χ2n) is 8.96. The lowest BCUT2D eigenvalue weighted by molar-refractivity contribution is -0.124. The van der Waals surface area contributed by atoms with Crippen LogP contribution in [0.1, 0.15) is 48.6 Å². The van der Waals surface area contributed by atoms with Gasteiger partial charge in [0, 0.05) is 24.1 Å². The Morgan fingerprint density at radius 1 is 1.38 bits per heavy atom. The number of hydrogen-bond donors (Lipinski definition) is 3. The standard InChI is InChI=1S/C23H27ClF3N5O2/c1-23(28,15-4-2-3-13(19(15)25)20(26)27)32-21-14-9-12(10-16(14)30-22(24)31-21)5-6-18(33)17-11-34-8-7-29-17/h2-4,12,17,20,29H,5-11,28H2,1H3,(H,30,31,32)/t12?,17-,23-/m0/s1. The van der Waals surface area contributed by atoms with E-state index in [4.69, 9.17) is 22.1 Å². The highest BCUT2D eigenvalue weighted by Gasteiger charge is 2.33. The zero-order valence-electron chi connectivity index (χ0n) is 18.7. The van der Waals surface area contributed by atoms with E-state index in [2.05, 4.69) is 20.6 Å². The fourth-order valence-electron chi connectivity index (χ4n) is 4.55. The molecule has 3 atom stereocenters. The molecule has 1 unspecified atom stereocenters. The zero-order chi connectivity index (χ0) is 24.5. The van der Waals surface area contributed by atoms with E-state index in [9.17, 15) is 18.0 Å². The van der Waals surface area contributed by atoms with Crippen LogP contribution in [-0.2, 0) is 28.0 Å². The number of aromatic nitrogens is 2. The summed E-state index contributed by atoms with van der Waals surface area (Å²) in [5, 5.41) is 6.15. The number of Topliss-reactive ketones (excluding diaryl/α,β-unsaturated/α-hetero) is 1. The van der Waals surface area contributed by atoms with Gasteiger partial charge >= 0.3 is 0 Å². The Hall–Kier alpha value is -2.27. The van der Waals surface area contributed by atoms with Crippen molar-refractivity contribution in [2.45, 2.75) is 50.7 Å². The van der Waals surface area contributed by atoms with Crippen LogP contribution in [0.5, 0.6) is 0 Å². The minimum absolute atomic E-state index is 0.000802. The topological polar surface area (TPSA) is 102 Å². The molecule has 4 N–H and O–H groups in total. The maximum Gasteiger partial charge on any atom is 0.266 e. The number of benzene rings is 1. The van der Waals surface area contributed by atoms with E-state index < -0.39 is 23.5 Å². The summed E-state index contributed by atoms with van der Waals surface area (Å²) in [7, 11) is 0. The number of nitrogens with zero attached hydrogens (tertiary/aromatic N) is 2. The molecule has 7 nitrogen and oxygen atoms in total. The molecule has 1 aliphatic heterocycles. The molecule has 1 aromatic heterocycles. The number of anilines is 1. The fraction of sp³-hybridized carbons (Fsp3) is 0.522. The third-order valence-corrected chi connectivity index (χ3v) is 6.52. The molecule has 0 bridgehead atoms. The maximum absolute atomic E-state index is 14.8. The van der Waals surface area contributed by atoms with Gasteiger partial charge in [-0.05, 0) is 43.7 Å². The third-order valence-electron chi connectivity index (χ3n) is 6.35. The molecule has 4 rings (SSSR count). The predicted molar refractivity (Wildman–Crippen MR) is 121 cm³/mol. The van der Waals surface area contributed by atoms with Crippen LogP contribution in [-0.4, -0.2) is 41.6 Å². The number of alkyl halides is 2. The Kier molecular flexibility index (Phi) is 7.42. The highest BCUT2D eigenvalue weighted by atomic mass is 35.5. The van der Waals surface area contributed by atoms with Crippen molar-refractivity contribution < 1.29 is 22.7 Å².